The van der Waals surface area contributed by atoms with Crippen LogP contribution < -0.4 is 0 Å². The third-order valence-corrected chi connectivity index (χ3v) is 1.99. The minimum Gasteiger partial charge on any atom is -0.477 e. The number of aliphatic imine (C=N–C) groups is 1. The fourth-order valence-electron chi connectivity index (χ4n) is 1.28. The van der Waals surface area contributed by atoms with Crippen LogP contribution in [0.4, 0.5) is 0 Å². The van der Waals surface area contributed by atoms with Gasteiger partial charge >= 0.3 is 0 Å². The van der Waals surface area contributed by atoms with Crippen molar-refractivity contribution in [2.45, 2.75) is 33.2 Å². The van der Waals surface area contributed by atoms with E-state index in [0.29, 0.717) is 6.61 Å². The minimum absolute atomic E-state index is 0.266. The van der Waals surface area contributed by atoms with Crippen molar-refractivity contribution < 1.29 is 4.74 Å². The Morgan fingerprint density at radius 1 is 1.54 bits per heavy atom. The van der Waals surface area contributed by atoms with Crippen LogP contribution in [0.15, 0.2) is 28.8 Å². The number of ether oxygens (including phenoxy) is 1. The van der Waals surface area contributed by atoms with Crippen LogP contribution in [0.3, 0.4) is 0 Å². The monoisotopic (exact) mass is 179 g/mol. The molecule has 0 aromatic carbocycles. The van der Waals surface area contributed by atoms with Crippen LogP contribution in [0.5, 0.6) is 0 Å². The minimum atomic E-state index is 0.266. The highest BCUT2D eigenvalue weighted by Gasteiger charge is 2.02. The first-order valence-electron chi connectivity index (χ1n) is 4.74. The molecule has 1 heterocycles. The molecule has 0 fully saturated rings. The fraction of sp³-hybridized carbons (Fsp3) is 0.545. The molecule has 72 valence electrons. The summed E-state index contributed by atoms with van der Waals surface area (Å²) in [5.74, 6) is 0.780. The SMILES string of the molecule is CCC1C=C(C)C=CCOC(C)=N1. The van der Waals surface area contributed by atoms with E-state index in [-0.39, 0.29) is 6.04 Å². The van der Waals surface area contributed by atoms with Gasteiger partial charge in [-0.15, -0.1) is 0 Å². The van der Waals surface area contributed by atoms with Crippen molar-refractivity contribution in [3.05, 3.63) is 23.8 Å². The summed E-state index contributed by atoms with van der Waals surface area (Å²) in [7, 11) is 0. The van der Waals surface area contributed by atoms with Gasteiger partial charge in [-0.25, -0.2) is 4.99 Å². The van der Waals surface area contributed by atoms with Gasteiger partial charge in [-0.05, 0) is 19.4 Å². The highest BCUT2D eigenvalue weighted by molar-refractivity contribution is 5.73. The van der Waals surface area contributed by atoms with E-state index >= 15 is 0 Å². The summed E-state index contributed by atoms with van der Waals surface area (Å²) in [5, 5.41) is 0. The van der Waals surface area contributed by atoms with E-state index < -0.39 is 0 Å². The van der Waals surface area contributed by atoms with Crippen molar-refractivity contribution in [1.82, 2.24) is 0 Å². The Balaban J connectivity index is 2.83. The first-order valence-corrected chi connectivity index (χ1v) is 4.74. The standard InChI is InChI=1S/C11H17NO/c1-4-11-8-9(2)6-5-7-13-10(3)12-11/h5-6,8,11H,4,7H2,1-3H3. The molecule has 0 N–H and O–H groups in total. The maximum Gasteiger partial charge on any atom is 0.180 e. The molecule has 0 bridgehead atoms. The van der Waals surface area contributed by atoms with Crippen LogP contribution in [0, 0.1) is 0 Å². The van der Waals surface area contributed by atoms with E-state index in [1.807, 2.05) is 13.0 Å². The molecule has 0 spiro atoms. The Labute approximate surface area is 80.0 Å². The lowest BCUT2D eigenvalue weighted by Crippen LogP contribution is -2.06. The fourth-order valence-corrected chi connectivity index (χ4v) is 1.28. The van der Waals surface area contributed by atoms with Gasteiger partial charge in [0.2, 0.25) is 0 Å². The van der Waals surface area contributed by atoms with E-state index in [4.69, 9.17) is 4.74 Å². The predicted molar refractivity (Wildman–Crippen MR) is 56.0 cm³/mol. The van der Waals surface area contributed by atoms with Crippen LogP contribution in [-0.2, 0) is 4.74 Å². The molecule has 13 heavy (non-hydrogen) atoms. The van der Waals surface area contributed by atoms with E-state index in [1.165, 1.54) is 5.57 Å². The molecule has 2 nitrogen and oxygen atoms in total. The molecule has 2 heteroatoms. The number of nitrogens with zero attached hydrogens (tertiary/aromatic N) is 1. The summed E-state index contributed by atoms with van der Waals surface area (Å²) < 4.78 is 5.37. The van der Waals surface area contributed by atoms with Crippen molar-refractivity contribution in [3.63, 3.8) is 0 Å². The smallest absolute Gasteiger partial charge is 0.180 e. The number of allylic oxidation sites excluding steroid dienone is 2. The summed E-state index contributed by atoms with van der Waals surface area (Å²) in [6.07, 6.45) is 7.29. The third kappa shape index (κ3) is 3.45. The first kappa shape index (κ1) is 10.0. The van der Waals surface area contributed by atoms with Crippen molar-refractivity contribution in [2.75, 3.05) is 6.61 Å². The number of hydrogen-bond acceptors (Lipinski definition) is 2. The van der Waals surface area contributed by atoms with E-state index in [1.54, 1.807) is 0 Å². The van der Waals surface area contributed by atoms with Gasteiger partial charge in [-0.1, -0.05) is 24.6 Å². The first-order chi connectivity index (χ1) is 6.22. The molecular weight excluding hydrogens is 162 g/mol. The second-order valence-electron chi connectivity index (χ2n) is 3.25. The van der Waals surface area contributed by atoms with Gasteiger partial charge < -0.3 is 4.74 Å². The summed E-state index contributed by atoms with van der Waals surface area (Å²) in [6, 6.07) is 0.266. The summed E-state index contributed by atoms with van der Waals surface area (Å²) in [6.45, 7) is 6.75. The molecule has 0 aliphatic carbocycles. The van der Waals surface area contributed by atoms with Crippen LogP contribution in [0.1, 0.15) is 27.2 Å². The predicted octanol–water partition coefficient (Wildman–Crippen LogP) is 2.72. The Morgan fingerprint density at radius 2 is 2.31 bits per heavy atom. The largest absolute Gasteiger partial charge is 0.477 e. The van der Waals surface area contributed by atoms with Crippen LogP contribution in [0.25, 0.3) is 0 Å². The average Bonchev–Trinajstić information content (AvgIpc) is 2.17. The van der Waals surface area contributed by atoms with Crippen molar-refractivity contribution in [3.8, 4) is 0 Å². The van der Waals surface area contributed by atoms with Gasteiger partial charge in [0, 0.05) is 6.92 Å². The molecule has 0 saturated heterocycles. The second-order valence-corrected chi connectivity index (χ2v) is 3.25. The summed E-state index contributed by atoms with van der Waals surface area (Å²) in [5.41, 5.74) is 1.26. The molecule has 1 aliphatic rings. The Kier molecular flexibility index (Phi) is 3.74. The molecule has 0 radical (unpaired) electrons. The van der Waals surface area contributed by atoms with Gasteiger partial charge in [0.1, 0.15) is 6.61 Å². The average molecular weight is 179 g/mol. The molecule has 0 aromatic heterocycles. The van der Waals surface area contributed by atoms with E-state index in [2.05, 4.69) is 31.0 Å². The van der Waals surface area contributed by atoms with Gasteiger partial charge in [-0.2, -0.15) is 0 Å². The van der Waals surface area contributed by atoms with Crippen molar-refractivity contribution >= 4 is 5.90 Å². The number of rotatable bonds is 1. The Morgan fingerprint density at radius 3 is 3.00 bits per heavy atom. The van der Waals surface area contributed by atoms with E-state index in [0.717, 1.165) is 12.3 Å². The molecular formula is C11H17NO. The zero-order valence-corrected chi connectivity index (χ0v) is 8.58. The zero-order valence-electron chi connectivity index (χ0n) is 8.58. The second kappa shape index (κ2) is 4.85. The lowest BCUT2D eigenvalue weighted by atomic mass is 10.1. The number of hydrogen-bond donors (Lipinski definition) is 0. The third-order valence-electron chi connectivity index (χ3n) is 1.99. The molecule has 1 unspecified atom stereocenters. The van der Waals surface area contributed by atoms with Crippen LogP contribution in [-0.4, -0.2) is 18.5 Å². The maximum atomic E-state index is 5.37. The molecule has 0 saturated carbocycles. The van der Waals surface area contributed by atoms with Crippen LogP contribution >= 0.6 is 0 Å². The van der Waals surface area contributed by atoms with Crippen molar-refractivity contribution in [1.29, 1.82) is 0 Å². The van der Waals surface area contributed by atoms with Gasteiger partial charge in [0.25, 0.3) is 0 Å². The molecule has 1 rings (SSSR count). The Bertz CT molecular complexity index is 251. The van der Waals surface area contributed by atoms with Gasteiger partial charge in [0.05, 0.1) is 6.04 Å². The van der Waals surface area contributed by atoms with Crippen LogP contribution in [0.2, 0.25) is 0 Å². The lowest BCUT2D eigenvalue weighted by molar-refractivity contribution is 0.344. The lowest BCUT2D eigenvalue weighted by Gasteiger charge is -2.06. The maximum absolute atomic E-state index is 5.37. The highest BCUT2D eigenvalue weighted by Crippen LogP contribution is 2.07. The van der Waals surface area contributed by atoms with Gasteiger partial charge in [0.15, 0.2) is 5.90 Å². The quantitative estimate of drug-likeness (QED) is 0.606. The summed E-state index contributed by atoms with van der Waals surface area (Å²) >= 11 is 0. The van der Waals surface area contributed by atoms with E-state index in [9.17, 15) is 0 Å². The molecule has 0 amide bonds. The molecule has 1 atom stereocenters. The Hall–Kier alpha value is -1.05. The normalized spacial score (nSPS) is 23.5. The molecule has 0 aromatic rings. The van der Waals surface area contributed by atoms with Gasteiger partial charge in [-0.3, -0.25) is 0 Å². The summed E-state index contributed by atoms with van der Waals surface area (Å²) in [4.78, 5) is 4.44. The van der Waals surface area contributed by atoms with Crippen molar-refractivity contribution in [2.24, 2.45) is 4.99 Å². The highest BCUT2D eigenvalue weighted by atomic mass is 16.5. The molecule has 1 aliphatic heterocycles. The topological polar surface area (TPSA) is 21.6 Å². The zero-order chi connectivity index (χ0) is 9.68.